The average molecular weight is 464 g/mol. The topological polar surface area (TPSA) is 89.0 Å². The van der Waals surface area contributed by atoms with E-state index in [1.165, 1.54) is 18.2 Å². The second kappa shape index (κ2) is 10.1. The van der Waals surface area contributed by atoms with Crippen LogP contribution in [-0.2, 0) is 6.42 Å². The summed E-state index contributed by atoms with van der Waals surface area (Å²) < 4.78 is 19.2. The van der Waals surface area contributed by atoms with Gasteiger partial charge in [-0.3, -0.25) is 0 Å². The van der Waals surface area contributed by atoms with Gasteiger partial charge in [0.15, 0.2) is 0 Å². The summed E-state index contributed by atoms with van der Waals surface area (Å²) in [5, 5.41) is 5.21. The van der Waals surface area contributed by atoms with Crippen molar-refractivity contribution in [1.29, 1.82) is 0 Å². The van der Waals surface area contributed by atoms with Crippen molar-refractivity contribution in [3.63, 3.8) is 0 Å². The minimum Gasteiger partial charge on any atom is -0.438 e. The number of amides is 2. The molecule has 9 heteroatoms. The Morgan fingerprint density at radius 1 is 1.00 bits per heavy atom. The normalized spacial score (nSPS) is 10.5. The van der Waals surface area contributed by atoms with E-state index in [1.54, 1.807) is 36.7 Å². The van der Waals surface area contributed by atoms with E-state index >= 15 is 0 Å². The Hall–Kier alpha value is -4.04. The number of hydrogen-bond donors (Lipinski definition) is 2. The molecule has 0 radical (unpaired) electrons. The SMILES string of the molecule is CCc1nccc(-c2cccnc2Oc2ccc(NC(=O)Nc3ccc(F)c(Cl)c3)cc2)n1. The van der Waals surface area contributed by atoms with E-state index in [-0.39, 0.29) is 5.02 Å². The molecule has 0 aliphatic rings. The summed E-state index contributed by atoms with van der Waals surface area (Å²) in [6.45, 7) is 1.99. The van der Waals surface area contributed by atoms with Crippen LogP contribution in [0.2, 0.25) is 5.02 Å². The van der Waals surface area contributed by atoms with E-state index < -0.39 is 11.8 Å². The average Bonchev–Trinajstić information content (AvgIpc) is 2.83. The molecule has 0 spiro atoms. The minimum atomic E-state index is -0.556. The fourth-order valence-corrected chi connectivity index (χ4v) is 3.15. The van der Waals surface area contributed by atoms with Crippen LogP contribution in [0.5, 0.6) is 11.6 Å². The Kier molecular flexibility index (Phi) is 6.75. The number of aryl methyl sites for hydroxylation is 1. The summed E-state index contributed by atoms with van der Waals surface area (Å²) in [5.74, 6) is 1.12. The number of nitrogens with one attached hydrogen (secondary N) is 2. The van der Waals surface area contributed by atoms with Gasteiger partial charge in [-0.15, -0.1) is 0 Å². The summed E-state index contributed by atoms with van der Waals surface area (Å²) in [5.41, 5.74) is 2.38. The second-order valence-electron chi connectivity index (χ2n) is 6.90. The lowest BCUT2D eigenvalue weighted by atomic mass is 10.2. The zero-order valence-corrected chi connectivity index (χ0v) is 18.3. The van der Waals surface area contributed by atoms with Crippen LogP contribution >= 0.6 is 11.6 Å². The van der Waals surface area contributed by atoms with Gasteiger partial charge >= 0.3 is 6.03 Å². The lowest BCUT2D eigenvalue weighted by molar-refractivity contribution is 0.262. The molecule has 0 saturated carbocycles. The first-order valence-electron chi connectivity index (χ1n) is 10.1. The molecule has 0 aliphatic heterocycles. The van der Waals surface area contributed by atoms with Gasteiger partial charge in [-0.25, -0.2) is 24.1 Å². The van der Waals surface area contributed by atoms with Gasteiger partial charge < -0.3 is 15.4 Å². The van der Waals surface area contributed by atoms with Crippen LogP contribution in [0.3, 0.4) is 0 Å². The van der Waals surface area contributed by atoms with Gasteiger partial charge in [-0.2, -0.15) is 0 Å². The van der Waals surface area contributed by atoms with Crippen molar-refractivity contribution in [3.8, 4) is 22.9 Å². The molecule has 2 N–H and O–H groups in total. The molecular formula is C24H19ClFN5O2. The molecule has 33 heavy (non-hydrogen) atoms. The predicted molar refractivity (Wildman–Crippen MR) is 125 cm³/mol. The molecule has 0 bridgehead atoms. The number of ether oxygens (including phenoxy) is 1. The monoisotopic (exact) mass is 463 g/mol. The summed E-state index contributed by atoms with van der Waals surface area (Å²) >= 11 is 5.73. The lowest BCUT2D eigenvalue weighted by Crippen LogP contribution is -2.19. The highest BCUT2D eigenvalue weighted by atomic mass is 35.5. The van der Waals surface area contributed by atoms with Crippen LogP contribution in [-0.4, -0.2) is 21.0 Å². The maximum absolute atomic E-state index is 13.2. The number of carbonyl (C=O) groups is 1. The third kappa shape index (κ3) is 5.61. The van der Waals surface area contributed by atoms with E-state index in [1.807, 2.05) is 25.1 Å². The van der Waals surface area contributed by atoms with E-state index in [4.69, 9.17) is 16.3 Å². The summed E-state index contributed by atoms with van der Waals surface area (Å²) in [6.07, 6.45) is 4.08. The molecule has 0 atom stereocenters. The number of urea groups is 1. The Bertz CT molecular complexity index is 1280. The van der Waals surface area contributed by atoms with Gasteiger partial charge in [0.1, 0.15) is 17.4 Å². The smallest absolute Gasteiger partial charge is 0.323 e. The highest BCUT2D eigenvalue weighted by Gasteiger charge is 2.11. The Morgan fingerprint density at radius 3 is 2.52 bits per heavy atom. The molecule has 4 aromatic rings. The van der Waals surface area contributed by atoms with Gasteiger partial charge in [-0.1, -0.05) is 18.5 Å². The fraction of sp³-hybridized carbons (Fsp3) is 0.0833. The van der Waals surface area contributed by atoms with E-state index in [9.17, 15) is 9.18 Å². The first kappa shape index (κ1) is 22.2. The summed E-state index contributed by atoms with van der Waals surface area (Å²) in [4.78, 5) is 25.3. The van der Waals surface area contributed by atoms with E-state index in [0.29, 0.717) is 23.0 Å². The molecule has 0 aliphatic carbocycles. The van der Waals surface area contributed by atoms with Crippen molar-refractivity contribution in [2.24, 2.45) is 0 Å². The van der Waals surface area contributed by atoms with Crippen LogP contribution in [0.4, 0.5) is 20.6 Å². The molecule has 2 aromatic carbocycles. The van der Waals surface area contributed by atoms with Gasteiger partial charge in [-0.05, 0) is 60.7 Å². The Morgan fingerprint density at radius 2 is 1.76 bits per heavy atom. The number of halogens is 2. The van der Waals surface area contributed by atoms with Crippen LogP contribution in [0, 0.1) is 5.82 Å². The van der Waals surface area contributed by atoms with E-state index in [0.717, 1.165) is 23.5 Å². The number of rotatable bonds is 6. The molecule has 0 saturated heterocycles. The second-order valence-corrected chi connectivity index (χ2v) is 7.31. The van der Waals surface area contributed by atoms with Crippen molar-refractivity contribution in [2.75, 3.05) is 10.6 Å². The van der Waals surface area contributed by atoms with E-state index in [2.05, 4.69) is 25.6 Å². The van der Waals surface area contributed by atoms with Crippen LogP contribution < -0.4 is 15.4 Å². The highest BCUT2D eigenvalue weighted by molar-refractivity contribution is 6.31. The molecule has 4 rings (SSSR count). The molecule has 2 heterocycles. The number of nitrogens with zero attached hydrogens (tertiary/aromatic N) is 3. The molecule has 2 aromatic heterocycles. The molecule has 7 nitrogen and oxygen atoms in total. The minimum absolute atomic E-state index is 0.0731. The van der Waals surface area contributed by atoms with Gasteiger partial charge in [0.2, 0.25) is 5.88 Å². The molecular weight excluding hydrogens is 445 g/mol. The van der Waals surface area contributed by atoms with Crippen LogP contribution in [0.25, 0.3) is 11.3 Å². The van der Waals surface area contributed by atoms with Gasteiger partial charge in [0.25, 0.3) is 0 Å². The number of anilines is 2. The molecule has 2 amide bonds. The third-order valence-corrected chi connectivity index (χ3v) is 4.86. The highest BCUT2D eigenvalue weighted by Crippen LogP contribution is 2.30. The van der Waals surface area contributed by atoms with Crippen molar-refractivity contribution in [2.45, 2.75) is 13.3 Å². The maximum atomic E-state index is 13.2. The zero-order chi connectivity index (χ0) is 23.2. The third-order valence-electron chi connectivity index (χ3n) is 4.57. The Balaban J connectivity index is 1.44. The predicted octanol–water partition coefficient (Wildman–Crippen LogP) is 6.33. The largest absolute Gasteiger partial charge is 0.438 e. The van der Waals surface area contributed by atoms with Crippen LogP contribution in [0.15, 0.2) is 73.1 Å². The maximum Gasteiger partial charge on any atom is 0.323 e. The van der Waals surface area contributed by atoms with Crippen molar-refractivity contribution in [1.82, 2.24) is 15.0 Å². The molecule has 0 fully saturated rings. The van der Waals surface area contributed by atoms with Crippen molar-refractivity contribution in [3.05, 3.63) is 89.7 Å². The zero-order valence-electron chi connectivity index (χ0n) is 17.5. The first-order chi connectivity index (χ1) is 16.0. The fourth-order valence-electron chi connectivity index (χ4n) is 2.97. The summed E-state index contributed by atoms with van der Waals surface area (Å²) in [6, 6.07) is 15.7. The Labute approximate surface area is 194 Å². The number of aromatic nitrogens is 3. The number of carbonyl (C=O) groups excluding carboxylic acids is 1. The van der Waals surface area contributed by atoms with Gasteiger partial charge in [0.05, 0.1) is 16.3 Å². The number of pyridine rings is 1. The van der Waals surface area contributed by atoms with Crippen molar-refractivity contribution >= 4 is 29.0 Å². The lowest BCUT2D eigenvalue weighted by Gasteiger charge is -2.11. The molecule has 166 valence electrons. The summed E-state index contributed by atoms with van der Waals surface area (Å²) in [7, 11) is 0. The molecule has 0 unspecified atom stereocenters. The number of hydrogen-bond acceptors (Lipinski definition) is 5. The van der Waals surface area contributed by atoms with Gasteiger partial charge in [0, 0.05) is 30.2 Å². The van der Waals surface area contributed by atoms with Crippen molar-refractivity contribution < 1.29 is 13.9 Å². The number of benzene rings is 2. The standard InChI is InChI=1S/C24H19ClFN5O2/c1-2-22-27-13-11-21(31-22)18-4-3-12-28-23(18)33-17-8-5-15(6-9-17)29-24(32)30-16-7-10-20(26)19(25)14-16/h3-14H,2H2,1H3,(H2,29,30,32). The first-order valence-corrected chi connectivity index (χ1v) is 10.5. The van der Waals surface area contributed by atoms with Crippen LogP contribution in [0.1, 0.15) is 12.7 Å². The quantitative estimate of drug-likeness (QED) is 0.348.